The molecule has 2 aromatic heterocycles. The summed E-state index contributed by atoms with van der Waals surface area (Å²) in [5.74, 6) is 0.592. The zero-order valence-corrected chi connectivity index (χ0v) is 13.7. The highest BCUT2D eigenvalue weighted by atomic mass is 32.1. The first-order valence-corrected chi connectivity index (χ1v) is 7.92. The average molecular weight is 293 g/mol. The Balaban J connectivity index is 2.17. The lowest BCUT2D eigenvalue weighted by Gasteiger charge is -2.17. The summed E-state index contributed by atoms with van der Waals surface area (Å²) in [6.07, 6.45) is 1.67. The third-order valence-electron chi connectivity index (χ3n) is 3.97. The molecule has 0 spiro atoms. The van der Waals surface area contributed by atoms with Gasteiger partial charge in [0.2, 0.25) is 0 Å². The zero-order chi connectivity index (χ0) is 14.9. The summed E-state index contributed by atoms with van der Waals surface area (Å²) in [6, 6.07) is 0.451. The molecule has 0 aliphatic rings. The van der Waals surface area contributed by atoms with Gasteiger partial charge in [-0.25, -0.2) is 4.98 Å². The minimum atomic E-state index is 0.0795. The molecular formula is C15H23N3OS. The maximum atomic E-state index is 12.5. The molecule has 2 heterocycles. The Morgan fingerprint density at radius 1 is 1.35 bits per heavy atom. The number of aromatic nitrogens is 2. The molecule has 1 unspecified atom stereocenters. The van der Waals surface area contributed by atoms with Crippen LogP contribution in [0.1, 0.15) is 31.2 Å². The first kappa shape index (κ1) is 15.2. The van der Waals surface area contributed by atoms with Gasteiger partial charge in [-0.2, -0.15) is 0 Å². The first-order valence-electron chi connectivity index (χ1n) is 7.10. The number of nitrogens with zero attached hydrogens (tertiary/aromatic N) is 2. The molecule has 0 saturated heterocycles. The smallest absolute Gasteiger partial charge is 0.262 e. The molecule has 20 heavy (non-hydrogen) atoms. The van der Waals surface area contributed by atoms with Gasteiger partial charge in [0.1, 0.15) is 4.83 Å². The van der Waals surface area contributed by atoms with Gasteiger partial charge in [0, 0.05) is 24.0 Å². The average Bonchev–Trinajstić information content (AvgIpc) is 2.68. The molecule has 0 amide bonds. The Kier molecular flexibility index (Phi) is 4.60. The van der Waals surface area contributed by atoms with Crippen LogP contribution < -0.4 is 10.9 Å². The molecule has 1 atom stereocenters. The van der Waals surface area contributed by atoms with E-state index in [-0.39, 0.29) is 5.56 Å². The van der Waals surface area contributed by atoms with E-state index in [0.717, 1.165) is 22.3 Å². The highest BCUT2D eigenvalue weighted by Crippen LogP contribution is 2.25. The number of hydrogen-bond acceptors (Lipinski definition) is 4. The van der Waals surface area contributed by atoms with Crippen LogP contribution in [-0.4, -0.2) is 22.1 Å². The molecule has 0 aliphatic carbocycles. The summed E-state index contributed by atoms with van der Waals surface area (Å²) in [7, 11) is 0. The third-order valence-corrected chi connectivity index (χ3v) is 5.09. The highest BCUT2D eigenvalue weighted by Gasteiger charge is 2.12. The fraction of sp³-hybridized carbons (Fsp3) is 0.600. The molecular weight excluding hydrogens is 270 g/mol. The Hall–Kier alpha value is -1.20. The summed E-state index contributed by atoms with van der Waals surface area (Å²) in [5, 5.41) is 4.22. The van der Waals surface area contributed by atoms with E-state index in [1.54, 1.807) is 22.2 Å². The van der Waals surface area contributed by atoms with Gasteiger partial charge in [0.25, 0.3) is 5.56 Å². The molecule has 0 fully saturated rings. The minimum absolute atomic E-state index is 0.0795. The second-order valence-corrected chi connectivity index (χ2v) is 6.90. The Morgan fingerprint density at radius 3 is 2.70 bits per heavy atom. The largest absolute Gasteiger partial charge is 0.312 e. The number of hydrogen-bond donors (Lipinski definition) is 1. The fourth-order valence-corrected chi connectivity index (χ4v) is 3.07. The standard InChI is InChI=1S/C15H23N3OS/c1-9(2)11(4)16-6-7-18-8-17-14-13(15(18)19)10(3)12(5)20-14/h8-9,11,16H,6-7H2,1-5H3. The van der Waals surface area contributed by atoms with Crippen LogP contribution in [0.5, 0.6) is 0 Å². The van der Waals surface area contributed by atoms with Gasteiger partial charge in [-0.15, -0.1) is 11.3 Å². The normalized spacial score (nSPS) is 13.3. The zero-order valence-electron chi connectivity index (χ0n) is 12.9. The van der Waals surface area contributed by atoms with Crippen LogP contribution in [0.25, 0.3) is 10.2 Å². The molecule has 2 rings (SSSR count). The van der Waals surface area contributed by atoms with Crippen molar-refractivity contribution in [2.45, 2.75) is 47.2 Å². The number of rotatable bonds is 5. The van der Waals surface area contributed by atoms with Crippen molar-refractivity contribution in [1.82, 2.24) is 14.9 Å². The molecule has 2 aromatic rings. The van der Waals surface area contributed by atoms with Crippen molar-refractivity contribution in [2.24, 2.45) is 5.92 Å². The van der Waals surface area contributed by atoms with E-state index < -0.39 is 0 Å². The summed E-state index contributed by atoms with van der Waals surface area (Å²) in [5.41, 5.74) is 1.15. The van der Waals surface area contributed by atoms with E-state index in [0.29, 0.717) is 18.5 Å². The molecule has 0 radical (unpaired) electrons. The van der Waals surface area contributed by atoms with Crippen molar-refractivity contribution in [1.29, 1.82) is 0 Å². The molecule has 1 N–H and O–H groups in total. The molecule has 110 valence electrons. The maximum Gasteiger partial charge on any atom is 0.262 e. The van der Waals surface area contributed by atoms with Crippen LogP contribution in [0.2, 0.25) is 0 Å². The number of thiophene rings is 1. The second-order valence-electron chi connectivity index (χ2n) is 5.69. The van der Waals surface area contributed by atoms with Gasteiger partial charge in [0.15, 0.2) is 0 Å². The number of nitrogens with one attached hydrogen (secondary N) is 1. The third kappa shape index (κ3) is 2.94. The quantitative estimate of drug-likeness (QED) is 0.922. The summed E-state index contributed by atoms with van der Waals surface area (Å²) in [4.78, 5) is 18.9. The highest BCUT2D eigenvalue weighted by molar-refractivity contribution is 7.18. The van der Waals surface area contributed by atoms with Gasteiger partial charge in [0.05, 0.1) is 11.7 Å². The van der Waals surface area contributed by atoms with Crippen molar-refractivity contribution in [3.05, 3.63) is 27.1 Å². The van der Waals surface area contributed by atoms with Crippen LogP contribution in [0.4, 0.5) is 0 Å². The van der Waals surface area contributed by atoms with Crippen LogP contribution in [0, 0.1) is 19.8 Å². The molecule has 0 saturated carbocycles. The first-order chi connectivity index (χ1) is 9.41. The predicted octanol–water partition coefficient (Wildman–Crippen LogP) is 2.71. The topological polar surface area (TPSA) is 46.9 Å². The van der Waals surface area contributed by atoms with Crippen molar-refractivity contribution in [3.8, 4) is 0 Å². The minimum Gasteiger partial charge on any atom is -0.312 e. The summed E-state index contributed by atoms with van der Waals surface area (Å²) < 4.78 is 1.71. The van der Waals surface area contributed by atoms with Crippen molar-refractivity contribution < 1.29 is 0 Å². The molecule has 0 bridgehead atoms. The van der Waals surface area contributed by atoms with Crippen LogP contribution >= 0.6 is 11.3 Å². The monoisotopic (exact) mass is 293 g/mol. The van der Waals surface area contributed by atoms with Gasteiger partial charge >= 0.3 is 0 Å². The van der Waals surface area contributed by atoms with E-state index in [1.165, 1.54) is 4.88 Å². The van der Waals surface area contributed by atoms with Crippen molar-refractivity contribution in [3.63, 3.8) is 0 Å². The van der Waals surface area contributed by atoms with E-state index in [9.17, 15) is 4.79 Å². The number of aryl methyl sites for hydroxylation is 2. The SMILES string of the molecule is Cc1sc2ncn(CCNC(C)C(C)C)c(=O)c2c1C. The van der Waals surface area contributed by atoms with Gasteiger partial charge in [-0.1, -0.05) is 13.8 Å². The molecule has 5 heteroatoms. The number of fused-ring (bicyclic) bond motifs is 1. The second kappa shape index (κ2) is 6.06. The van der Waals surface area contributed by atoms with Crippen LogP contribution in [-0.2, 0) is 6.54 Å². The maximum absolute atomic E-state index is 12.5. The van der Waals surface area contributed by atoms with E-state index in [1.807, 2.05) is 13.8 Å². The van der Waals surface area contributed by atoms with Gasteiger partial charge < -0.3 is 5.32 Å². The lowest BCUT2D eigenvalue weighted by Crippen LogP contribution is -2.35. The van der Waals surface area contributed by atoms with Crippen molar-refractivity contribution >= 4 is 21.6 Å². The lowest BCUT2D eigenvalue weighted by molar-refractivity contribution is 0.415. The Labute approximate surface area is 123 Å². The van der Waals surface area contributed by atoms with Crippen molar-refractivity contribution in [2.75, 3.05) is 6.54 Å². The fourth-order valence-electron chi connectivity index (χ4n) is 2.08. The van der Waals surface area contributed by atoms with E-state index in [2.05, 4.69) is 31.1 Å². The molecule has 4 nitrogen and oxygen atoms in total. The Bertz CT molecular complexity index is 657. The van der Waals surface area contributed by atoms with Gasteiger partial charge in [-0.05, 0) is 32.3 Å². The van der Waals surface area contributed by atoms with E-state index in [4.69, 9.17) is 0 Å². The summed E-state index contributed by atoms with van der Waals surface area (Å²) in [6.45, 7) is 12.0. The van der Waals surface area contributed by atoms with Crippen LogP contribution in [0.15, 0.2) is 11.1 Å². The Morgan fingerprint density at radius 2 is 2.05 bits per heavy atom. The van der Waals surface area contributed by atoms with Gasteiger partial charge in [-0.3, -0.25) is 9.36 Å². The molecule has 0 aromatic carbocycles. The van der Waals surface area contributed by atoms with Crippen LogP contribution in [0.3, 0.4) is 0 Å². The predicted molar refractivity (Wildman–Crippen MR) is 85.7 cm³/mol. The van der Waals surface area contributed by atoms with E-state index >= 15 is 0 Å². The lowest BCUT2D eigenvalue weighted by atomic mass is 10.1. The molecule has 0 aliphatic heterocycles. The summed E-state index contributed by atoms with van der Waals surface area (Å²) >= 11 is 1.59.